The Labute approximate surface area is 155 Å². The number of aromatic nitrogens is 2. The molecule has 3 aliphatic rings. The van der Waals surface area contributed by atoms with Crippen LogP contribution in [-0.2, 0) is 26.6 Å². The van der Waals surface area contributed by atoms with Crippen LogP contribution in [0.15, 0.2) is 30.6 Å². The van der Waals surface area contributed by atoms with Crippen LogP contribution in [-0.4, -0.2) is 40.2 Å². The number of benzene rings is 1. The minimum absolute atomic E-state index is 0.538. The summed E-state index contributed by atoms with van der Waals surface area (Å²) in [4.78, 5) is 7.26. The van der Waals surface area contributed by atoms with Crippen LogP contribution in [0.1, 0.15) is 36.2 Å². The molecule has 0 amide bonds. The number of piperidine rings is 1. The Morgan fingerprint density at radius 2 is 2.19 bits per heavy atom. The fourth-order valence-corrected chi connectivity index (χ4v) is 4.88. The van der Waals surface area contributed by atoms with E-state index in [9.17, 15) is 0 Å². The van der Waals surface area contributed by atoms with Crippen molar-refractivity contribution >= 4 is 0 Å². The van der Waals surface area contributed by atoms with E-state index in [0.29, 0.717) is 11.5 Å². The van der Waals surface area contributed by atoms with E-state index in [-0.39, 0.29) is 0 Å². The summed E-state index contributed by atoms with van der Waals surface area (Å²) in [5.74, 6) is 2.23. The summed E-state index contributed by atoms with van der Waals surface area (Å²) in [6, 6.07) is 7.44. The first kappa shape index (κ1) is 16.3. The number of imidazole rings is 1. The minimum Gasteiger partial charge on any atom is -0.493 e. The lowest BCUT2D eigenvalue weighted by Crippen LogP contribution is -2.36. The third kappa shape index (κ3) is 2.93. The summed E-state index contributed by atoms with van der Waals surface area (Å²) < 4.78 is 7.83. The van der Waals surface area contributed by atoms with Gasteiger partial charge in [0, 0.05) is 38.4 Å². The normalized spacial score (nSPS) is 23.2. The Hall–Kier alpha value is -1.85. The number of fused-ring (bicyclic) bond motifs is 1. The van der Waals surface area contributed by atoms with Crippen LogP contribution in [0.2, 0.25) is 0 Å². The van der Waals surface area contributed by atoms with Gasteiger partial charge in [0.05, 0.1) is 13.2 Å². The van der Waals surface area contributed by atoms with Crippen molar-refractivity contribution in [2.75, 3.05) is 19.7 Å². The zero-order valence-corrected chi connectivity index (χ0v) is 15.6. The van der Waals surface area contributed by atoms with E-state index in [1.54, 1.807) is 0 Å². The van der Waals surface area contributed by atoms with Crippen LogP contribution >= 0.6 is 0 Å². The Morgan fingerprint density at radius 1 is 1.31 bits per heavy atom. The van der Waals surface area contributed by atoms with Gasteiger partial charge in [-0.3, -0.25) is 4.90 Å². The maximum Gasteiger partial charge on any atom is 0.122 e. The molecule has 138 valence electrons. The van der Waals surface area contributed by atoms with Crippen molar-refractivity contribution < 1.29 is 4.74 Å². The summed E-state index contributed by atoms with van der Waals surface area (Å²) >= 11 is 0. The van der Waals surface area contributed by atoms with E-state index >= 15 is 0 Å². The number of rotatable bonds is 5. The number of nitrogens with zero attached hydrogens (tertiary/aromatic N) is 3. The number of hydrogen-bond donors (Lipinski definition) is 1. The average Bonchev–Trinajstić information content (AvgIpc) is 2.98. The molecule has 3 heterocycles. The highest BCUT2D eigenvalue weighted by Crippen LogP contribution is 2.56. The third-order valence-corrected chi connectivity index (χ3v) is 6.59. The first-order chi connectivity index (χ1) is 12.7. The van der Waals surface area contributed by atoms with Crippen molar-refractivity contribution in [2.24, 2.45) is 12.5 Å². The maximum atomic E-state index is 5.68. The second-order valence-electron chi connectivity index (χ2n) is 8.23. The molecule has 5 heteroatoms. The Balaban J connectivity index is 1.38. The summed E-state index contributed by atoms with van der Waals surface area (Å²) in [7, 11) is 2.10. The van der Waals surface area contributed by atoms with E-state index in [1.807, 2.05) is 12.4 Å². The second-order valence-corrected chi connectivity index (χ2v) is 8.23. The highest BCUT2D eigenvalue weighted by molar-refractivity contribution is 5.39. The SMILES string of the molecule is Cn1ccnc1CN(Cc1ccc2c(c1)CCO2)[C@@H]1CC12CCNCC2. The van der Waals surface area contributed by atoms with Crippen LogP contribution in [0.25, 0.3) is 0 Å². The van der Waals surface area contributed by atoms with Gasteiger partial charge in [-0.15, -0.1) is 0 Å². The molecule has 0 radical (unpaired) electrons. The molecule has 1 saturated heterocycles. The lowest BCUT2D eigenvalue weighted by Gasteiger charge is -2.29. The smallest absolute Gasteiger partial charge is 0.122 e. The summed E-state index contributed by atoms with van der Waals surface area (Å²) in [6.45, 7) is 5.09. The van der Waals surface area contributed by atoms with Crippen molar-refractivity contribution in [3.05, 3.63) is 47.5 Å². The van der Waals surface area contributed by atoms with Gasteiger partial charge in [0.25, 0.3) is 0 Å². The second kappa shape index (κ2) is 6.39. The standard InChI is InChI=1S/C21H28N4O/c1-24-10-9-23-20(24)15-25(19-13-21(19)5-7-22-8-6-21)14-16-2-3-18-17(12-16)4-11-26-18/h2-3,9-10,12,19,22H,4-8,11,13-15H2,1H3/t19-/m1/s1. The van der Waals surface area contributed by atoms with Crippen LogP contribution in [0, 0.1) is 5.41 Å². The van der Waals surface area contributed by atoms with Crippen molar-refractivity contribution in [3.8, 4) is 5.75 Å². The molecule has 1 saturated carbocycles. The van der Waals surface area contributed by atoms with Gasteiger partial charge in [-0.25, -0.2) is 4.98 Å². The number of aryl methyl sites for hydroxylation is 1. The molecule has 1 spiro atoms. The predicted molar refractivity (Wildman–Crippen MR) is 101 cm³/mol. The quantitative estimate of drug-likeness (QED) is 0.898. The molecule has 0 unspecified atom stereocenters. The molecule has 2 fully saturated rings. The maximum absolute atomic E-state index is 5.68. The van der Waals surface area contributed by atoms with Crippen molar-refractivity contribution in [1.29, 1.82) is 0 Å². The lowest BCUT2D eigenvalue weighted by molar-refractivity contribution is 0.182. The molecular formula is C21H28N4O. The molecule has 2 aliphatic heterocycles. The Bertz CT molecular complexity index is 793. The first-order valence-corrected chi connectivity index (χ1v) is 9.89. The fraction of sp³-hybridized carbons (Fsp3) is 0.571. The topological polar surface area (TPSA) is 42.3 Å². The molecule has 1 aliphatic carbocycles. The van der Waals surface area contributed by atoms with Crippen molar-refractivity contribution in [2.45, 2.75) is 44.8 Å². The molecular weight excluding hydrogens is 324 g/mol. The van der Waals surface area contributed by atoms with E-state index in [2.05, 4.69) is 45.0 Å². The average molecular weight is 352 g/mol. The van der Waals surface area contributed by atoms with Gasteiger partial charge >= 0.3 is 0 Å². The van der Waals surface area contributed by atoms with Crippen molar-refractivity contribution in [1.82, 2.24) is 19.8 Å². The van der Waals surface area contributed by atoms with Gasteiger partial charge in [-0.1, -0.05) is 12.1 Å². The van der Waals surface area contributed by atoms with Crippen LogP contribution in [0.5, 0.6) is 5.75 Å². The molecule has 1 aromatic heterocycles. The van der Waals surface area contributed by atoms with Crippen molar-refractivity contribution in [3.63, 3.8) is 0 Å². The predicted octanol–water partition coefficient (Wildman–Crippen LogP) is 2.50. The number of hydrogen-bond acceptors (Lipinski definition) is 4. The van der Waals surface area contributed by atoms with Gasteiger partial charge in [-0.05, 0) is 55.0 Å². The van der Waals surface area contributed by atoms with Gasteiger partial charge in [0.15, 0.2) is 0 Å². The Morgan fingerprint density at radius 3 is 3.00 bits per heavy atom. The third-order valence-electron chi connectivity index (χ3n) is 6.59. The van der Waals surface area contributed by atoms with Gasteiger partial charge in [0.2, 0.25) is 0 Å². The van der Waals surface area contributed by atoms with Crippen LogP contribution < -0.4 is 10.1 Å². The van der Waals surface area contributed by atoms with E-state index in [0.717, 1.165) is 37.7 Å². The molecule has 1 aromatic carbocycles. The minimum atomic E-state index is 0.538. The summed E-state index contributed by atoms with van der Waals surface area (Å²) in [5.41, 5.74) is 3.31. The molecule has 0 bridgehead atoms. The molecule has 26 heavy (non-hydrogen) atoms. The van der Waals surface area contributed by atoms with Gasteiger partial charge in [-0.2, -0.15) is 0 Å². The van der Waals surface area contributed by atoms with E-state index < -0.39 is 0 Å². The number of ether oxygens (including phenoxy) is 1. The fourth-order valence-electron chi connectivity index (χ4n) is 4.88. The van der Waals surface area contributed by atoms with Crippen LogP contribution in [0.4, 0.5) is 0 Å². The largest absolute Gasteiger partial charge is 0.493 e. The zero-order valence-electron chi connectivity index (χ0n) is 15.6. The van der Waals surface area contributed by atoms with E-state index in [4.69, 9.17) is 4.74 Å². The number of nitrogens with one attached hydrogen (secondary N) is 1. The van der Waals surface area contributed by atoms with E-state index in [1.165, 1.54) is 43.5 Å². The van der Waals surface area contributed by atoms with Gasteiger partial charge < -0.3 is 14.6 Å². The molecule has 5 rings (SSSR count). The monoisotopic (exact) mass is 352 g/mol. The molecule has 1 atom stereocenters. The summed E-state index contributed by atoms with van der Waals surface area (Å²) in [5, 5.41) is 3.52. The summed E-state index contributed by atoms with van der Waals surface area (Å²) in [6.07, 6.45) is 8.97. The van der Waals surface area contributed by atoms with Gasteiger partial charge in [0.1, 0.15) is 11.6 Å². The Kier molecular flexibility index (Phi) is 4.02. The first-order valence-electron chi connectivity index (χ1n) is 9.89. The lowest BCUT2D eigenvalue weighted by atomic mass is 9.93. The molecule has 2 aromatic rings. The van der Waals surface area contributed by atoms with Crippen LogP contribution in [0.3, 0.4) is 0 Å². The zero-order chi connectivity index (χ0) is 17.6. The highest BCUT2D eigenvalue weighted by Gasteiger charge is 2.56. The highest BCUT2D eigenvalue weighted by atomic mass is 16.5. The molecule has 5 nitrogen and oxygen atoms in total. The molecule has 1 N–H and O–H groups in total.